The second-order valence-electron chi connectivity index (χ2n) is 6.18. The summed E-state index contributed by atoms with van der Waals surface area (Å²) in [7, 11) is 3.40. The number of urea groups is 1. The summed E-state index contributed by atoms with van der Waals surface area (Å²) in [6.07, 6.45) is 0. The summed E-state index contributed by atoms with van der Waals surface area (Å²) < 4.78 is 10.8. The van der Waals surface area contributed by atoms with Gasteiger partial charge in [-0.3, -0.25) is 0 Å². The Morgan fingerprint density at radius 2 is 1.68 bits per heavy atom. The number of nitrogens with one attached hydrogen (secondary N) is 1. The third kappa shape index (κ3) is 6.03. The number of ether oxygens (including phenoxy) is 2. The minimum absolute atomic E-state index is 0.0906. The highest BCUT2D eigenvalue weighted by molar-refractivity contribution is 5.74. The van der Waals surface area contributed by atoms with E-state index in [0.717, 1.165) is 17.1 Å². The summed E-state index contributed by atoms with van der Waals surface area (Å²) in [6.45, 7) is 4.91. The number of methoxy groups -OCH3 is 1. The molecule has 0 bridgehead atoms. The summed E-state index contributed by atoms with van der Waals surface area (Å²) in [4.78, 5) is 13.9. The lowest BCUT2D eigenvalue weighted by Gasteiger charge is -2.21. The lowest BCUT2D eigenvalue weighted by molar-refractivity contribution is 0.195. The van der Waals surface area contributed by atoms with Crippen LogP contribution in [0.25, 0.3) is 0 Å². The fourth-order valence-corrected chi connectivity index (χ4v) is 2.29. The first kappa shape index (κ1) is 18.6. The second kappa shape index (κ2) is 8.97. The number of rotatable bonds is 7. The molecular weight excluding hydrogens is 316 g/mol. The first-order valence-electron chi connectivity index (χ1n) is 8.32. The molecule has 0 aliphatic heterocycles. The highest BCUT2D eigenvalue weighted by Gasteiger charge is 2.13. The van der Waals surface area contributed by atoms with Crippen molar-refractivity contribution < 1.29 is 14.3 Å². The number of benzene rings is 2. The summed E-state index contributed by atoms with van der Waals surface area (Å²) in [5, 5.41) is 2.94. The summed E-state index contributed by atoms with van der Waals surface area (Å²) in [6, 6.07) is 15.3. The molecule has 2 rings (SSSR count). The molecule has 25 heavy (non-hydrogen) atoms. The number of hydrogen-bond donors (Lipinski definition) is 1. The predicted octanol–water partition coefficient (Wildman–Crippen LogP) is 3.61. The van der Waals surface area contributed by atoms with E-state index in [1.807, 2.05) is 62.4 Å². The minimum atomic E-state index is -0.129. The first-order chi connectivity index (χ1) is 12.0. The molecule has 0 spiro atoms. The van der Waals surface area contributed by atoms with Gasteiger partial charge in [-0.2, -0.15) is 0 Å². The van der Waals surface area contributed by atoms with Crippen molar-refractivity contribution in [3.63, 3.8) is 0 Å². The molecule has 0 aliphatic carbocycles. The molecule has 2 amide bonds. The first-order valence-corrected chi connectivity index (χ1v) is 8.32. The van der Waals surface area contributed by atoms with Crippen molar-refractivity contribution in [2.45, 2.75) is 26.4 Å². The molecule has 2 aromatic rings. The molecule has 0 fully saturated rings. The average Bonchev–Trinajstić information content (AvgIpc) is 2.61. The van der Waals surface area contributed by atoms with Crippen LogP contribution in [0.2, 0.25) is 0 Å². The van der Waals surface area contributed by atoms with Gasteiger partial charge in [-0.15, -0.1) is 0 Å². The SMILES string of the molecule is COc1ccc(CN(C)C(=O)NC(C)COc2ccc(C)cc2)cc1. The summed E-state index contributed by atoms with van der Waals surface area (Å²) in [5.41, 5.74) is 2.23. The van der Waals surface area contributed by atoms with Crippen molar-refractivity contribution in [3.8, 4) is 11.5 Å². The van der Waals surface area contributed by atoms with Crippen molar-refractivity contribution >= 4 is 6.03 Å². The number of nitrogens with zero attached hydrogens (tertiary/aromatic N) is 1. The maximum absolute atomic E-state index is 12.3. The van der Waals surface area contributed by atoms with E-state index < -0.39 is 0 Å². The molecule has 1 unspecified atom stereocenters. The van der Waals surface area contributed by atoms with Gasteiger partial charge in [0.05, 0.1) is 13.2 Å². The number of carbonyl (C=O) groups is 1. The number of amides is 2. The van der Waals surface area contributed by atoms with E-state index in [-0.39, 0.29) is 12.1 Å². The van der Waals surface area contributed by atoms with Crippen LogP contribution in [0, 0.1) is 6.92 Å². The lowest BCUT2D eigenvalue weighted by atomic mass is 10.2. The third-order valence-electron chi connectivity index (χ3n) is 3.82. The van der Waals surface area contributed by atoms with Gasteiger partial charge in [0.15, 0.2) is 0 Å². The van der Waals surface area contributed by atoms with Gasteiger partial charge >= 0.3 is 6.03 Å². The van der Waals surface area contributed by atoms with Crippen molar-refractivity contribution in [2.75, 3.05) is 20.8 Å². The van der Waals surface area contributed by atoms with Crippen LogP contribution in [-0.4, -0.2) is 37.7 Å². The van der Waals surface area contributed by atoms with Crippen LogP contribution in [0.1, 0.15) is 18.1 Å². The summed E-state index contributed by atoms with van der Waals surface area (Å²) in [5.74, 6) is 1.61. The van der Waals surface area contributed by atoms with Crippen molar-refractivity contribution in [1.29, 1.82) is 0 Å². The Morgan fingerprint density at radius 1 is 1.08 bits per heavy atom. The molecule has 0 heterocycles. The number of carbonyl (C=O) groups excluding carboxylic acids is 1. The van der Waals surface area contributed by atoms with Gasteiger partial charge in [0.2, 0.25) is 0 Å². The topological polar surface area (TPSA) is 50.8 Å². The van der Waals surface area contributed by atoms with Crippen molar-refractivity contribution in [3.05, 3.63) is 59.7 Å². The largest absolute Gasteiger partial charge is 0.497 e. The standard InChI is InChI=1S/C20H26N2O3/c1-15-5-9-19(10-6-15)25-14-16(2)21-20(23)22(3)13-17-7-11-18(24-4)12-8-17/h5-12,16H,13-14H2,1-4H3,(H,21,23). The predicted molar refractivity (Wildman–Crippen MR) is 99.1 cm³/mol. The molecule has 0 aromatic heterocycles. The van der Waals surface area contributed by atoms with Gasteiger partial charge in [-0.05, 0) is 43.7 Å². The fraction of sp³-hybridized carbons (Fsp3) is 0.350. The zero-order chi connectivity index (χ0) is 18.2. The highest BCUT2D eigenvalue weighted by Crippen LogP contribution is 2.13. The van der Waals surface area contributed by atoms with Crippen molar-refractivity contribution in [2.24, 2.45) is 0 Å². The zero-order valence-electron chi connectivity index (χ0n) is 15.3. The van der Waals surface area contributed by atoms with E-state index in [0.29, 0.717) is 13.2 Å². The Kier molecular flexibility index (Phi) is 6.69. The van der Waals surface area contributed by atoms with Gasteiger partial charge in [0.25, 0.3) is 0 Å². The normalized spacial score (nSPS) is 11.5. The third-order valence-corrected chi connectivity index (χ3v) is 3.82. The Labute approximate surface area is 149 Å². The quantitative estimate of drug-likeness (QED) is 0.836. The maximum Gasteiger partial charge on any atom is 0.317 e. The van der Waals surface area contributed by atoms with Crippen LogP contribution >= 0.6 is 0 Å². The van der Waals surface area contributed by atoms with E-state index in [1.165, 1.54) is 5.56 Å². The molecule has 1 N–H and O–H groups in total. The second-order valence-corrected chi connectivity index (χ2v) is 6.18. The molecule has 0 saturated heterocycles. The fourth-order valence-electron chi connectivity index (χ4n) is 2.29. The summed E-state index contributed by atoms with van der Waals surface area (Å²) >= 11 is 0. The van der Waals surface area contributed by atoms with Gasteiger partial charge in [0.1, 0.15) is 18.1 Å². The Balaban J connectivity index is 1.77. The van der Waals surface area contributed by atoms with Gasteiger partial charge < -0.3 is 19.7 Å². The smallest absolute Gasteiger partial charge is 0.317 e. The highest BCUT2D eigenvalue weighted by atomic mass is 16.5. The molecule has 5 nitrogen and oxygen atoms in total. The molecule has 0 aliphatic rings. The zero-order valence-corrected chi connectivity index (χ0v) is 15.3. The minimum Gasteiger partial charge on any atom is -0.497 e. The molecule has 5 heteroatoms. The Hall–Kier alpha value is -2.69. The monoisotopic (exact) mass is 342 g/mol. The number of aryl methyl sites for hydroxylation is 1. The number of hydrogen-bond acceptors (Lipinski definition) is 3. The van der Waals surface area contributed by atoms with E-state index >= 15 is 0 Å². The van der Waals surface area contributed by atoms with Gasteiger partial charge in [-0.1, -0.05) is 29.8 Å². The van der Waals surface area contributed by atoms with Crippen LogP contribution in [0.5, 0.6) is 11.5 Å². The van der Waals surface area contributed by atoms with Gasteiger partial charge in [0, 0.05) is 13.6 Å². The Bertz CT molecular complexity index is 668. The van der Waals surface area contributed by atoms with E-state index in [9.17, 15) is 4.79 Å². The lowest BCUT2D eigenvalue weighted by Crippen LogP contribution is -2.43. The van der Waals surface area contributed by atoms with Crippen LogP contribution < -0.4 is 14.8 Å². The molecule has 134 valence electrons. The van der Waals surface area contributed by atoms with Crippen LogP contribution in [0.4, 0.5) is 4.79 Å². The van der Waals surface area contributed by atoms with Crippen molar-refractivity contribution in [1.82, 2.24) is 10.2 Å². The van der Waals surface area contributed by atoms with Gasteiger partial charge in [-0.25, -0.2) is 4.79 Å². The van der Waals surface area contributed by atoms with Crippen LogP contribution in [0.15, 0.2) is 48.5 Å². The van der Waals surface area contributed by atoms with Crippen LogP contribution in [-0.2, 0) is 6.54 Å². The van der Waals surface area contributed by atoms with E-state index in [2.05, 4.69) is 5.32 Å². The van der Waals surface area contributed by atoms with E-state index in [4.69, 9.17) is 9.47 Å². The molecule has 2 aromatic carbocycles. The van der Waals surface area contributed by atoms with Crippen LogP contribution in [0.3, 0.4) is 0 Å². The molecular formula is C20H26N2O3. The maximum atomic E-state index is 12.3. The van der Waals surface area contributed by atoms with E-state index in [1.54, 1.807) is 19.1 Å². The molecule has 0 saturated carbocycles. The Morgan fingerprint density at radius 3 is 2.28 bits per heavy atom. The average molecular weight is 342 g/mol. The molecule has 0 radical (unpaired) electrons. The molecule has 1 atom stereocenters.